The minimum Gasteiger partial charge on any atom is -0.466 e. The Balaban J connectivity index is 0. The summed E-state index contributed by atoms with van der Waals surface area (Å²) < 4.78 is 14.1. The minimum absolute atomic E-state index is 0.182. The van der Waals surface area contributed by atoms with E-state index in [1.54, 1.807) is 0 Å². The van der Waals surface area contributed by atoms with Gasteiger partial charge >= 0.3 is 11.9 Å². The van der Waals surface area contributed by atoms with Crippen molar-refractivity contribution in [2.75, 3.05) is 26.4 Å². The van der Waals surface area contributed by atoms with Crippen molar-refractivity contribution < 1.29 is 23.8 Å². The summed E-state index contributed by atoms with van der Waals surface area (Å²) in [5, 5.41) is 0. The molecule has 0 bridgehead atoms. The van der Waals surface area contributed by atoms with Gasteiger partial charge < -0.3 is 14.2 Å². The first-order chi connectivity index (χ1) is 8.04. The molecule has 0 aromatic carbocycles. The van der Waals surface area contributed by atoms with Crippen molar-refractivity contribution >= 4 is 11.9 Å². The average Bonchev–Trinajstić information content (AvgIpc) is 2.25. The summed E-state index contributed by atoms with van der Waals surface area (Å²) in [5.41, 5.74) is 0. The summed E-state index contributed by atoms with van der Waals surface area (Å²) in [6.07, 6.45) is 2.05. The largest absolute Gasteiger partial charge is 0.466 e. The van der Waals surface area contributed by atoms with Crippen molar-refractivity contribution in [3.63, 3.8) is 0 Å². The molecule has 0 atom stereocenters. The first kappa shape index (κ1) is 18.3. The van der Waals surface area contributed by atoms with E-state index in [1.807, 2.05) is 6.92 Å². The predicted octanol–water partition coefficient (Wildman–Crippen LogP) is 1.94. The molecule has 0 aromatic rings. The number of ether oxygens (including phenoxy) is 3. The van der Waals surface area contributed by atoms with Gasteiger partial charge in [0, 0.05) is 20.5 Å². The number of esters is 2. The molecule has 5 heteroatoms. The summed E-state index contributed by atoms with van der Waals surface area (Å²) in [6.45, 7) is 8.87. The second kappa shape index (κ2) is 14.9. The van der Waals surface area contributed by atoms with E-state index in [4.69, 9.17) is 4.74 Å². The molecule has 0 aliphatic heterocycles. The molecule has 0 aliphatic carbocycles. The highest BCUT2D eigenvalue weighted by Gasteiger charge is 1.89. The molecule has 0 radical (unpaired) electrons. The van der Waals surface area contributed by atoms with Crippen LogP contribution < -0.4 is 0 Å². The molecule has 0 N–H and O–H groups in total. The molecular formula is C12H24O5. The van der Waals surface area contributed by atoms with Crippen LogP contribution in [-0.4, -0.2) is 38.4 Å². The third-order valence-corrected chi connectivity index (χ3v) is 1.54. The summed E-state index contributed by atoms with van der Waals surface area (Å²) in [7, 11) is 0. The van der Waals surface area contributed by atoms with E-state index in [2.05, 4.69) is 16.4 Å². The fourth-order valence-corrected chi connectivity index (χ4v) is 0.749. The zero-order valence-electron chi connectivity index (χ0n) is 11.3. The number of carbonyl (C=O) groups excluding carboxylic acids is 2. The maximum atomic E-state index is 10.1. The first-order valence-electron chi connectivity index (χ1n) is 5.89. The Kier molecular flexibility index (Phi) is 16.0. The maximum Gasteiger partial charge on any atom is 0.302 e. The van der Waals surface area contributed by atoms with Crippen molar-refractivity contribution in [1.29, 1.82) is 0 Å². The Morgan fingerprint density at radius 1 is 0.882 bits per heavy atom. The Hall–Kier alpha value is -1.10. The Bertz CT molecular complexity index is 191. The van der Waals surface area contributed by atoms with Crippen LogP contribution in [0.4, 0.5) is 0 Å². The molecule has 0 unspecified atom stereocenters. The van der Waals surface area contributed by atoms with Gasteiger partial charge in [-0.2, -0.15) is 0 Å². The van der Waals surface area contributed by atoms with Crippen molar-refractivity contribution in [3.8, 4) is 0 Å². The summed E-state index contributed by atoms with van der Waals surface area (Å²) in [4.78, 5) is 20.2. The van der Waals surface area contributed by atoms with E-state index in [9.17, 15) is 9.59 Å². The molecule has 0 heterocycles. The van der Waals surface area contributed by atoms with Gasteiger partial charge in [-0.15, -0.1) is 0 Å². The lowest BCUT2D eigenvalue weighted by molar-refractivity contribution is -0.142. The zero-order valence-corrected chi connectivity index (χ0v) is 11.3. The van der Waals surface area contributed by atoms with Crippen LogP contribution in [0.2, 0.25) is 0 Å². The van der Waals surface area contributed by atoms with E-state index < -0.39 is 0 Å². The molecule has 0 amide bonds. The van der Waals surface area contributed by atoms with Gasteiger partial charge in [0.1, 0.15) is 6.61 Å². The van der Waals surface area contributed by atoms with Crippen LogP contribution in [-0.2, 0) is 23.8 Å². The third-order valence-electron chi connectivity index (χ3n) is 1.54. The molecular weight excluding hydrogens is 224 g/mol. The van der Waals surface area contributed by atoms with Gasteiger partial charge in [-0.3, -0.25) is 9.59 Å². The van der Waals surface area contributed by atoms with E-state index in [0.29, 0.717) is 26.4 Å². The van der Waals surface area contributed by atoms with E-state index >= 15 is 0 Å². The smallest absolute Gasteiger partial charge is 0.302 e. The standard InChI is InChI=1S/C6H12O3.C6H12O2/c1-3-8-4-5-9-6(2)7;1-3-4-5-8-6(2)7/h3-5H2,1-2H3;3-5H2,1-2H3. The van der Waals surface area contributed by atoms with Gasteiger partial charge in [0.25, 0.3) is 0 Å². The van der Waals surface area contributed by atoms with Crippen molar-refractivity contribution in [2.24, 2.45) is 0 Å². The van der Waals surface area contributed by atoms with Crippen LogP contribution in [0.25, 0.3) is 0 Å². The highest BCUT2D eigenvalue weighted by Crippen LogP contribution is 1.86. The lowest BCUT2D eigenvalue weighted by Gasteiger charge is -1.99. The minimum atomic E-state index is -0.255. The van der Waals surface area contributed by atoms with E-state index in [1.165, 1.54) is 13.8 Å². The average molecular weight is 248 g/mol. The SMILES string of the molecule is CCCCOC(C)=O.CCOCCOC(C)=O. The highest BCUT2D eigenvalue weighted by molar-refractivity contribution is 5.66. The fourth-order valence-electron chi connectivity index (χ4n) is 0.749. The molecule has 0 aliphatic rings. The number of unbranched alkanes of at least 4 members (excludes halogenated alkanes) is 1. The maximum absolute atomic E-state index is 10.1. The molecule has 0 saturated carbocycles. The summed E-state index contributed by atoms with van der Waals surface area (Å²) >= 11 is 0. The van der Waals surface area contributed by atoms with Gasteiger partial charge in [0.05, 0.1) is 13.2 Å². The van der Waals surface area contributed by atoms with E-state index in [-0.39, 0.29) is 11.9 Å². The van der Waals surface area contributed by atoms with Crippen LogP contribution in [0.5, 0.6) is 0 Å². The normalized spacial score (nSPS) is 8.94. The molecule has 0 saturated heterocycles. The van der Waals surface area contributed by atoms with Gasteiger partial charge in [0.2, 0.25) is 0 Å². The van der Waals surface area contributed by atoms with Gasteiger partial charge in [0.15, 0.2) is 0 Å². The fraction of sp³-hybridized carbons (Fsp3) is 0.833. The van der Waals surface area contributed by atoms with Gasteiger partial charge in [-0.1, -0.05) is 13.3 Å². The summed E-state index contributed by atoms with van der Waals surface area (Å²) in [6, 6.07) is 0. The lowest BCUT2D eigenvalue weighted by Crippen LogP contribution is -2.06. The third kappa shape index (κ3) is 25.3. The number of hydrogen-bond donors (Lipinski definition) is 0. The molecule has 5 nitrogen and oxygen atoms in total. The van der Waals surface area contributed by atoms with Crippen LogP contribution in [0, 0.1) is 0 Å². The molecule has 0 spiro atoms. The van der Waals surface area contributed by atoms with Gasteiger partial charge in [-0.25, -0.2) is 0 Å². The molecule has 17 heavy (non-hydrogen) atoms. The topological polar surface area (TPSA) is 61.8 Å². The quantitative estimate of drug-likeness (QED) is 0.509. The second-order valence-electron chi connectivity index (χ2n) is 3.23. The number of rotatable bonds is 7. The Morgan fingerprint density at radius 3 is 1.82 bits per heavy atom. The molecule has 0 aromatic heterocycles. The highest BCUT2D eigenvalue weighted by atomic mass is 16.6. The van der Waals surface area contributed by atoms with Gasteiger partial charge in [-0.05, 0) is 13.3 Å². The Labute approximate surface area is 103 Å². The Morgan fingerprint density at radius 2 is 1.41 bits per heavy atom. The first-order valence-corrected chi connectivity index (χ1v) is 5.89. The number of hydrogen-bond acceptors (Lipinski definition) is 5. The van der Waals surface area contributed by atoms with E-state index in [0.717, 1.165) is 12.8 Å². The zero-order chi connectivity index (χ0) is 13.5. The lowest BCUT2D eigenvalue weighted by atomic mass is 10.4. The number of carbonyl (C=O) groups is 2. The van der Waals surface area contributed by atoms with Crippen LogP contribution >= 0.6 is 0 Å². The van der Waals surface area contributed by atoms with Crippen molar-refractivity contribution in [2.45, 2.75) is 40.5 Å². The van der Waals surface area contributed by atoms with Crippen LogP contribution in [0.1, 0.15) is 40.5 Å². The summed E-state index contributed by atoms with van der Waals surface area (Å²) in [5.74, 6) is -0.437. The van der Waals surface area contributed by atoms with Crippen LogP contribution in [0.15, 0.2) is 0 Å². The molecule has 0 fully saturated rings. The monoisotopic (exact) mass is 248 g/mol. The van der Waals surface area contributed by atoms with Crippen molar-refractivity contribution in [3.05, 3.63) is 0 Å². The molecule has 102 valence electrons. The predicted molar refractivity (Wildman–Crippen MR) is 64.7 cm³/mol. The molecule has 0 rings (SSSR count). The second-order valence-corrected chi connectivity index (χ2v) is 3.23. The van der Waals surface area contributed by atoms with Crippen molar-refractivity contribution in [1.82, 2.24) is 0 Å². The van der Waals surface area contributed by atoms with Crippen LogP contribution in [0.3, 0.4) is 0 Å².